The van der Waals surface area contributed by atoms with Gasteiger partial charge in [0.05, 0.1) is 0 Å². The highest BCUT2D eigenvalue weighted by atomic mass is 15.3. The molecule has 0 saturated carbocycles. The maximum atomic E-state index is 5.53. The van der Waals surface area contributed by atoms with Crippen LogP contribution in [0.5, 0.6) is 0 Å². The van der Waals surface area contributed by atoms with Crippen molar-refractivity contribution >= 4 is 5.82 Å². The summed E-state index contributed by atoms with van der Waals surface area (Å²) in [6.07, 6.45) is 4.64. The van der Waals surface area contributed by atoms with Gasteiger partial charge in [-0.1, -0.05) is 13.3 Å². The Labute approximate surface area is 128 Å². The van der Waals surface area contributed by atoms with E-state index in [0.29, 0.717) is 0 Å². The molecule has 0 amide bonds. The van der Waals surface area contributed by atoms with Crippen LogP contribution >= 0.6 is 0 Å². The van der Waals surface area contributed by atoms with Gasteiger partial charge in [-0.05, 0) is 39.3 Å². The van der Waals surface area contributed by atoms with E-state index in [4.69, 9.17) is 5.73 Å². The predicted molar refractivity (Wildman–Crippen MR) is 87.7 cm³/mol. The molecule has 1 aliphatic heterocycles. The van der Waals surface area contributed by atoms with Crippen molar-refractivity contribution in [3.8, 4) is 0 Å². The lowest BCUT2D eigenvalue weighted by atomic mass is 10.2. The van der Waals surface area contributed by atoms with E-state index in [1.807, 2.05) is 6.92 Å². The van der Waals surface area contributed by atoms with Gasteiger partial charge in [-0.2, -0.15) is 0 Å². The van der Waals surface area contributed by atoms with Gasteiger partial charge in [-0.25, -0.2) is 9.97 Å². The van der Waals surface area contributed by atoms with E-state index >= 15 is 0 Å². The molecular formula is C16H29N5. The van der Waals surface area contributed by atoms with Crippen LogP contribution in [0.3, 0.4) is 0 Å². The van der Waals surface area contributed by atoms with Crippen molar-refractivity contribution in [2.45, 2.75) is 39.5 Å². The lowest BCUT2D eigenvalue weighted by Gasteiger charge is -2.35. The summed E-state index contributed by atoms with van der Waals surface area (Å²) in [6.45, 7) is 10.5. The van der Waals surface area contributed by atoms with E-state index in [9.17, 15) is 0 Å². The maximum absolute atomic E-state index is 5.53. The van der Waals surface area contributed by atoms with Crippen LogP contribution in [-0.4, -0.2) is 54.1 Å². The fourth-order valence-corrected chi connectivity index (χ4v) is 2.81. The summed E-state index contributed by atoms with van der Waals surface area (Å²) < 4.78 is 0. The van der Waals surface area contributed by atoms with Crippen LogP contribution < -0.4 is 10.6 Å². The van der Waals surface area contributed by atoms with E-state index in [2.05, 4.69) is 32.8 Å². The van der Waals surface area contributed by atoms with Crippen molar-refractivity contribution in [3.63, 3.8) is 0 Å². The zero-order chi connectivity index (χ0) is 15.1. The molecule has 1 aromatic rings. The third kappa shape index (κ3) is 4.93. The van der Waals surface area contributed by atoms with Gasteiger partial charge in [0, 0.05) is 37.9 Å². The number of aryl methyl sites for hydroxylation is 2. The minimum atomic E-state index is 0.820. The van der Waals surface area contributed by atoms with E-state index in [0.717, 1.165) is 62.9 Å². The molecule has 5 nitrogen and oxygen atoms in total. The molecule has 0 aliphatic carbocycles. The molecule has 5 heteroatoms. The number of hydrogen-bond acceptors (Lipinski definition) is 5. The molecule has 0 unspecified atom stereocenters. The van der Waals surface area contributed by atoms with Crippen LogP contribution in [0.15, 0.2) is 6.07 Å². The van der Waals surface area contributed by atoms with Crippen molar-refractivity contribution in [1.29, 1.82) is 0 Å². The van der Waals surface area contributed by atoms with Crippen LogP contribution in [0.2, 0.25) is 0 Å². The molecule has 1 aliphatic rings. The average molecular weight is 291 g/mol. The summed E-state index contributed by atoms with van der Waals surface area (Å²) >= 11 is 0. The Bertz CT molecular complexity index is 427. The molecule has 1 saturated heterocycles. The Morgan fingerprint density at radius 3 is 2.52 bits per heavy atom. The number of nitrogens with two attached hydrogens (primary N) is 1. The van der Waals surface area contributed by atoms with Gasteiger partial charge in [0.15, 0.2) is 0 Å². The van der Waals surface area contributed by atoms with Crippen LogP contribution in [0, 0.1) is 6.92 Å². The number of unbranched alkanes of at least 4 members (excludes halogenated alkanes) is 2. The number of piperazine rings is 1. The highest BCUT2D eigenvalue weighted by molar-refractivity contribution is 5.40. The van der Waals surface area contributed by atoms with Crippen molar-refractivity contribution in [1.82, 2.24) is 14.9 Å². The summed E-state index contributed by atoms with van der Waals surface area (Å²) in [5, 5.41) is 0. The van der Waals surface area contributed by atoms with Crippen LogP contribution in [0.25, 0.3) is 0 Å². The minimum absolute atomic E-state index is 0.820. The second-order valence-corrected chi connectivity index (χ2v) is 5.80. The Balaban J connectivity index is 1.82. The lowest BCUT2D eigenvalue weighted by molar-refractivity contribution is 0.252. The molecule has 0 radical (unpaired) electrons. The van der Waals surface area contributed by atoms with Gasteiger partial charge >= 0.3 is 0 Å². The van der Waals surface area contributed by atoms with Crippen molar-refractivity contribution in [3.05, 3.63) is 17.6 Å². The number of anilines is 1. The van der Waals surface area contributed by atoms with Crippen molar-refractivity contribution in [2.75, 3.05) is 44.2 Å². The molecule has 0 spiro atoms. The van der Waals surface area contributed by atoms with Gasteiger partial charge in [0.2, 0.25) is 0 Å². The van der Waals surface area contributed by atoms with Gasteiger partial charge in [0.25, 0.3) is 0 Å². The van der Waals surface area contributed by atoms with Crippen molar-refractivity contribution in [2.24, 2.45) is 5.73 Å². The number of aromatic nitrogens is 2. The minimum Gasteiger partial charge on any atom is -0.354 e. The summed E-state index contributed by atoms with van der Waals surface area (Å²) in [6, 6.07) is 2.14. The molecule has 0 bridgehead atoms. The molecule has 2 rings (SSSR count). The third-order valence-corrected chi connectivity index (χ3v) is 4.11. The molecule has 2 N–H and O–H groups in total. The van der Waals surface area contributed by atoms with Gasteiger partial charge in [-0.3, -0.25) is 4.90 Å². The predicted octanol–water partition coefficient (Wildman–Crippen LogP) is 1.60. The fourth-order valence-electron chi connectivity index (χ4n) is 2.81. The highest BCUT2D eigenvalue weighted by Crippen LogP contribution is 2.16. The number of hydrogen-bond donors (Lipinski definition) is 1. The molecule has 0 atom stereocenters. The van der Waals surface area contributed by atoms with E-state index < -0.39 is 0 Å². The first-order valence-electron chi connectivity index (χ1n) is 8.25. The zero-order valence-electron chi connectivity index (χ0n) is 13.5. The smallest absolute Gasteiger partial charge is 0.132 e. The molecule has 118 valence electrons. The second kappa shape index (κ2) is 8.29. The Morgan fingerprint density at radius 1 is 1.10 bits per heavy atom. The first kappa shape index (κ1) is 16.2. The van der Waals surface area contributed by atoms with Gasteiger partial charge in [0.1, 0.15) is 11.6 Å². The number of nitrogens with zero attached hydrogens (tertiary/aromatic N) is 4. The van der Waals surface area contributed by atoms with Gasteiger partial charge in [-0.15, -0.1) is 0 Å². The molecular weight excluding hydrogens is 262 g/mol. The quantitative estimate of drug-likeness (QED) is 0.773. The monoisotopic (exact) mass is 291 g/mol. The summed E-state index contributed by atoms with van der Waals surface area (Å²) in [5.41, 5.74) is 6.67. The molecule has 1 aromatic heterocycles. The highest BCUT2D eigenvalue weighted by Gasteiger charge is 2.18. The van der Waals surface area contributed by atoms with E-state index in [-0.39, 0.29) is 0 Å². The normalized spacial score (nSPS) is 16.4. The van der Waals surface area contributed by atoms with E-state index in [1.165, 1.54) is 19.4 Å². The molecule has 1 fully saturated rings. The zero-order valence-corrected chi connectivity index (χ0v) is 13.5. The topological polar surface area (TPSA) is 58.3 Å². The Kier molecular flexibility index (Phi) is 6.39. The van der Waals surface area contributed by atoms with Crippen LogP contribution in [0.1, 0.15) is 37.7 Å². The number of rotatable bonds is 7. The summed E-state index contributed by atoms with van der Waals surface area (Å²) in [5.74, 6) is 1.98. The molecule has 0 aromatic carbocycles. The summed E-state index contributed by atoms with van der Waals surface area (Å²) in [7, 11) is 0. The second-order valence-electron chi connectivity index (χ2n) is 5.80. The SMILES string of the molecule is CCc1cc(N2CCN(CCCCCN)CC2)nc(C)n1. The Morgan fingerprint density at radius 2 is 1.86 bits per heavy atom. The lowest BCUT2D eigenvalue weighted by Crippen LogP contribution is -2.47. The first-order valence-corrected chi connectivity index (χ1v) is 8.25. The average Bonchev–Trinajstić information content (AvgIpc) is 2.51. The van der Waals surface area contributed by atoms with E-state index in [1.54, 1.807) is 0 Å². The summed E-state index contributed by atoms with van der Waals surface area (Å²) in [4.78, 5) is 14.0. The largest absolute Gasteiger partial charge is 0.354 e. The standard InChI is InChI=1S/C16H29N5/c1-3-15-13-16(19-14(2)18-15)21-11-9-20(10-12-21)8-6-4-5-7-17/h13H,3-12,17H2,1-2H3. The van der Waals surface area contributed by atoms with Gasteiger partial charge < -0.3 is 10.6 Å². The molecule has 21 heavy (non-hydrogen) atoms. The Hall–Kier alpha value is -1.20. The third-order valence-electron chi connectivity index (χ3n) is 4.11. The maximum Gasteiger partial charge on any atom is 0.132 e. The fraction of sp³-hybridized carbons (Fsp3) is 0.750. The first-order chi connectivity index (χ1) is 10.2. The van der Waals surface area contributed by atoms with Crippen molar-refractivity contribution < 1.29 is 0 Å². The van der Waals surface area contributed by atoms with Crippen LogP contribution in [0.4, 0.5) is 5.82 Å². The van der Waals surface area contributed by atoms with Crippen LogP contribution in [-0.2, 0) is 6.42 Å². The molecule has 2 heterocycles.